The van der Waals surface area contributed by atoms with Crippen LogP contribution in [0.2, 0.25) is 0 Å². The van der Waals surface area contributed by atoms with Gasteiger partial charge in [0.2, 0.25) is 5.91 Å². The number of hydrogen-bond acceptors (Lipinski definition) is 9. The van der Waals surface area contributed by atoms with Gasteiger partial charge in [-0.15, -0.1) is 0 Å². The molecule has 3 unspecified atom stereocenters. The molecule has 1 saturated heterocycles. The molecule has 4 rings (SSSR count). The lowest BCUT2D eigenvalue weighted by atomic mass is 9.82. The minimum Gasteiger partial charge on any atom is -0.493 e. The minimum absolute atomic E-state index is 0.270. The van der Waals surface area contributed by atoms with Crippen LogP contribution in [-0.2, 0) is 31.0 Å². The average molecular weight is 594 g/mol. The Morgan fingerprint density at radius 1 is 1.12 bits per heavy atom. The Balaban J connectivity index is 1.50. The second-order valence-electron chi connectivity index (χ2n) is 11.5. The maximum absolute atomic E-state index is 12.3. The van der Waals surface area contributed by atoms with Crippen molar-refractivity contribution in [2.45, 2.75) is 69.3 Å². The second kappa shape index (κ2) is 12.4. The topological polar surface area (TPSA) is 117 Å². The van der Waals surface area contributed by atoms with Gasteiger partial charge in [0.1, 0.15) is 29.0 Å². The largest absolute Gasteiger partial charge is 0.493 e. The summed E-state index contributed by atoms with van der Waals surface area (Å²) in [4.78, 5) is 47.6. The monoisotopic (exact) mass is 593 g/mol. The van der Waals surface area contributed by atoms with E-state index in [1.165, 1.54) is 0 Å². The van der Waals surface area contributed by atoms with Crippen molar-refractivity contribution in [1.82, 2.24) is 5.32 Å². The molecule has 1 fully saturated rings. The maximum Gasteiger partial charge on any atom is 0.335 e. The van der Waals surface area contributed by atoms with E-state index >= 15 is 0 Å². The standard InChI is InChI=1S/C32H35NO8S/c1-7-27(34)39-24-16-21-23(17-22(24)31(3,4)5)41-32(6,18-25(21)40-28(35)8-2)13-14-38-20-11-9-19(10-12-20)15-26-29(36)33-30(37)42-26/h7-12,16-17,25-26H,1-2,13-15,18H2,3-6H3,(H,33,36,37). The molecule has 0 spiro atoms. The molecule has 2 heterocycles. The van der Waals surface area contributed by atoms with Crippen LogP contribution in [0.15, 0.2) is 61.7 Å². The second-order valence-corrected chi connectivity index (χ2v) is 12.7. The third-order valence-corrected chi connectivity index (χ3v) is 8.04. The maximum atomic E-state index is 12.3. The molecule has 42 heavy (non-hydrogen) atoms. The third-order valence-electron chi connectivity index (χ3n) is 7.05. The number of benzene rings is 2. The van der Waals surface area contributed by atoms with Gasteiger partial charge >= 0.3 is 11.9 Å². The van der Waals surface area contributed by atoms with Gasteiger partial charge in [-0.05, 0) is 48.6 Å². The van der Waals surface area contributed by atoms with E-state index in [9.17, 15) is 19.2 Å². The molecule has 1 N–H and O–H groups in total. The first kappa shape index (κ1) is 30.9. The molecule has 10 heteroatoms. The molecule has 3 atom stereocenters. The quantitative estimate of drug-likeness (QED) is 0.209. The van der Waals surface area contributed by atoms with Crippen molar-refractivity contribution in [3.63, 3.8) is 0 Å². The summed E-state index contributed by atoms with van der Waals surface area (Å²) in [5.74, 6) is 0.0951. The number of ether oxygens (including phenoxy) is 4. The lowest BCUT2D eigenvalue weighted by molar-refractivity contribution is -0.148. The Labute approximate surface area is 249 Å². The van der Waals surface area contributed by atoms with Gasteiger partial charge < -0.3 is 18.9 Å². The zero-order valence-electron chi connectivity index (χ0n) is 24.2. The van der Waals surface area contributed by atoms with Gasteiger partial charge in [-0.3, -0.25) is 14.9 Å². The van der Waals surface area contributed by atoms with Gasteiger partial charge in [0, 0.05) is 36.1 Å². The van der Waals surface area contributed by atoms with Crippen molar-refractivity contribution in [2.75, 3.05) is 6.61 Å². The Morgan fingerprint density at radius 3 is 2.40 bits per heavy atom. The zero-order chi connectivity index (χ0) is 30.7. The van der Waals surface area contributed by atoms with E-state index in [-0.39, 0.29) is 16.6 Å². The van der Waals surface area contributed by atoms with Crippen LogP contribution in [0.25, 0.3) is 0 Å². The first-order valence-electron chi connectivity index (χ1n) is 13.6. The SMILES string of the molecule is C=CC(=O)Oc1cc2c(cc1C(C)(C)C)OC(C)(CCOc1ccc(CC3SC(=O)NC3=O)cc1)CC2OC(=O)C=C. The van der Waals surface area contributed by atoms with Gasteiger partial charge in [-0.25, -0.2) is 9.59 Å². The number of carbonyl (C=O) groups excluding carboxylic acids is 4. The summed E-state index contributed by atoms with van der Waals surface area (Å²) in [5.41, 5.74) is 1.14. The smallest absolute Gasteiger partial charge is 0.335 e. The van der Waals surface area contributed by atoms with Crippen LogP contribution in [0.3, 0.4) is 0 Å². The van der Waals surface area contributed by atoms with Crippen LogP contribution >= 0.6 is 11.8 Å². The molecule has 0 bridgehead atoms. The van der Waals surface area contributed by atoms with Crippen LogP contribution in [0, 0.1) is 0 Å². The normalized spacial score (nSPS) is 21.4. The highest BCUT2D eigenvalue weighted by atomic mass is 32.2. The summed E-state index contributed by atoms with van der Waals surface area (Å²) in [5, 5.41) is 1.55. The number of nitrogens with one attached hydrogen (secondary N) is 1. The molecule has 2 amide bonds. The van der Waals surface area contributed by atoms with Gasteiger partial charge in [0.15, 0.2) is 0 Å². The number of imide groups is 1. The molecular weight excluding hydrogens is 558 g/mol. The van der Waals surface area contributed by atoms with Crippen LogP contribution in [0.4, 0.5) is 4.79 Å². The molecule has 0 aliphatic carbocycles. The van der Waals surface area contributed by atoms with Crippen molar-refractivity contribution in [1.29, 1.82) is 0 Å². The van der Waals surface area contributed by atoms with E-state index in [1.807, 2.05) is 58.0 Å². The molecule has 0 radical (unpaired) electrons. The fourth-order valence-corrected chi connectivity index (χ4v) is 5.70. The number of hydrogen-bond donors (Lipinski definition) is 1. The van der Waals surface area contributed by atoms with Crippen LogP contribution in [-0.4, -0.2) is 40.5 Å². The van der Waals surface area contributed by atoms with Crippen molar-refractivity contribution in [3.05, 3.63) is 78.4 Å². The Kier molecular flexibility index (Phi) is 9.15. The number of thioether (sulfide) groups is 1. The summed E-state index contributed by atoms with van der Waals surface area (Å²) < 4.78 is 23.8. The number of amides is 2. The lowest BCUT2D eigenvalue weighted by Gasteiger charge is -2.40. The average Bonchev–Trinajstić information content (AvgIpc) is 3.24. The van der Waals surface area contributed by atoms with Crippen LogP contribution in [0.5, 0.6) is 17.2 Å². The van der Waals surface area contributed by atoms with E-state index in [4.69, 9.17) is 18.9 Å². The Morgan fingerprint density at radius 2 is 1.81 bits per heavy atom. The number of rotatable bonds is 10. The van der Waals surface area contributed by atoms with Gasteiger partial charge in [0.05, 0.1) is 11.9 Å². The van der Waals surface area contributed by atoms with E-state index < -0.39 is 28.9 Å². The van der Waals surface area contributed by atoms with Crippen LogP contribution < -0.4 is 19.5 Å². The predicted octanol–water partition coefficient (Wildman–Crippen LogP) is 5.75. The zero-order valence-corrected chi connectivity index (χ0v) is 25.0. The van der Waals surface area contributed by atoms with Gasteiger partial charge in [-0.2, -0.15) is 0 Å². The highest BCUT2D eigenvalue weighted by Gasteiger charge is 2.41. The Bertz CT molecular complexity index is 1410. The summed E-state index contributed by atoms with van der Waals surface area (Å²) in [6, 6.07) is 10.9. The predicted molar refractivity (Wildman–Crippen MR) is 159 cm³/mol. The first-order chi connectivity index (χ1) is 19.8. The van der Waals surface area contributed by atoms with E-state index in [2.05, 4.69) is 18.5 Å². The molecule has 2 aliphatic heterocycles. The Hall–Kier alpha value is -4.05. The highest BCUT2D eigenvalue weighted by molar-refractivity contribution is 8.15. The fraction of sp³-hybridized carbons (Fsp3) is 0.375. The van der Waals surface area contributed by atoms with E-state index in [1.54, 1.807) is 6.07 Å². The molecule has 2 aliphatic rings. The molecule has 0 saturated carbocycles. The molecule has 2 aromatic carbocycles. The molecular formula is C32H35NO8S. The van der Waals surface area contributed by atoms with Crippen molar-refractivity contribution >= 4 is 34.8 Å². The molecule has 0 aromatic heterocycles. The summed E-state index contributed by atoms with van der Waals surface area (Å²) in [7, 11) is 0. The van der Waals surface area contributed by atoms with Crippen LogP contribution in [0.1, 0.15) is 63.3 Å². The third kappa shape index (κ3) is 7.42. The highest BCUT2D eigenvalue weighted by Crippen LogP contribution is 2.47. The van der Waals surface area contributed by atoms with E-state index in [0.717, 1.165) is 35.0 Å². The van der Waals surface area contributed by atoms with Gasteiger partial charge in [0.25, 0.3) is 5.24 Å². The summed E-state index contributed by atoms with van der Waals surface area (Å²) >= 11 is 1.00. The molecule has 2 aromatic rings. The van der Waals surface area contributed by atoms with Crippen molar-refractivity contribution in [2.24, 2.45) is 0 Å². The number of fused-ring (bicyclic) bond motifs is 1. The van der Waals surface area contributed by atoms with Gasteiger partial charge in [-0.1, -0.05) is 57.8 Å². The lowest BCUT2D eigenvalue weighted by Crippen LogP contribution is -2.40. The summed E-state index contributed by atoms with van der Waals surface area (Å²) in [6.45, 7) is 15.2. The molecule has 9 nitrogen and oxygen atoms in total. The molecule has 222 valence electrons. The van der Waals surface area contributed by atoms with Crippen molar-refractivity contribution in [3.8, 4) is 17.2 Å². The minimum atomic E-state index is -0.743. The number of carbonyl (C=O) groups is 4. The van der Waals surface area contributed by atoms with Crippen molar-refractivity contribution < 1.29 is 38.1 Å². The van der Waals surface area contributed by atoms with E-state index in [0.29, 0.717) is 48.7 Å². The first-order valence-corrected chi connectivity index (χ1v) is 14.5. The fourth-order valence-electron chi connectivity index (χ4n) is 4.84. The summed E-state index contributed by atoms with van der Waals surface area (Å²) in [6.07, 6.45) is 2.80. The number of esters is 2.